The molecule has 0 saturated heterocycles. The van der Waals surface area contributed by atoms with Gasteiger partial charge in [-0.3, -0.25) is 0 Å². The van der Waals surface area contributed by atoms with E-state index in [1.165, 1.54) is 12.1 Å². The number of hydrogen-bond donors (Lipinski definition) is 2. The third-order valence-corrected chi connectivity index (χ3v) is 3.14. The summed E-state index contributed by atoms with van der Waals surface area (Å²) < 4.78 is 38.6. The van der Waals surface area contributed by atoms with Crippen molar-refractivity contribution in [3.8, 4) is 0 Å². The largest absolute Gasteiger partial charge is 0.417 e. The number of anilines is 3. The van der Waals surface area contributed by atoms with Crippen LogP contribution in [0, 0.1) is 6.92 Å². The van der Waals surface area contributed by atoms with Gasteiger partial charge in [0.05, 0.1) is 10.6 Å². The number of hydrogen-bond acceptors (Lipinski definition) is 4. The second-order valence-electron chi connectivity index (χ2n) is 4.67. The normalized spacial score (nSPS) is 11.2. The molecule has 1 aromatic carbocycles. The van der Waals surface area contributed by atoms with Gasteiger partial charge in [0.1, 0.15) is 17.5 Å². The molecule has 8 heteroatoms. The molecule has 0 atom stereocenters. The topological polar surface area (TPSA) is 49.8 Å². The predicted molar refractivity (Wildman–Crippen MR) is 85.2 cm³/mol. The van der Waals surface area contributed by atoms with Crippen LogP contribution in [0.15, 0.2) is 36.9 Å². The van der Waals surface area contributed by atoms with Crippen molar-refractivity contribution in [1.29, 1.82) is 0 Å². The minimum atomic E-state index is -4.52. The van der Waals surface area contributed by atoms with Crippen LogP contribution in [0.3, 0.4) is 0 Å². The van der Waals surface area contributed by atoms with E-state index in [2.05, 4.69) is 27.2 Å². The average Bonchev–Trinajstić information content (AvgIpc) is 2.45. The molecule has 0 unspecified atom stereocenters. The van der Waals surface area contributed by atoms with Crippen molar-refractivity contribution in [2.75, 3.05) is 17.2 Å². The second kappa shape index (κ2) is 6.87. The molecule has 0 amide bonds. The third-order valence-electron chi connectivity index (χ3n) is 2.81. The maximum absolute atomic E-state index is 12.9. The molecule has 1 aromatic heterocycles. The Morgan fingerprint density at radius 1 is 1.22 bits per heavy atom. The first-order chi connectivity index (χ1) is 10.8. The molecule has 0 bridgehead atoms. The van der Waals surface area contributed by atoms with Gasteiger partial charge in [-0.2, -0.15) is 13.2 Å². The summed E-state index contributed by atoms with van der Waals surface area (Å²) in [7, 11) is 0. The fraction of sp³-hybridized carbons (Fsp3) is 0.200. The molecule has 0 radical (unpaired) electrons. The van der Waals surface area contributed by atoms with Gasteiger partial charge in [0.25, 0.3) is 0 Å². The standard InChI is InChI=1S/C15H14ClF3N4/c1-3-6-20-13-8-14(22-9(2)21-13)23-10-4-5-12(16)11(7-10)15(17,18)19/h3-5,7-8H,1,6H2,2H3,(H2,20,21,22,23). The minimum Gasteiger partial charge on any atom is -0.366 e. The van der Waals surface area contributed by atoms with Crippen molar-refractivity contribution in [3.05, 3.63) is 53.3 Å². The monoisotopic (exact) mass is 342 g/mol. The smallest absolute Gasteiger partial charge is 0.366 e. The highest BCUT2D eigenvalue weighted by molar-refractivity contribution is 6.31. The lowest BCUT2D eigenvalue weighted by molar-refractivity contribution is -0.137. The van der Waals surface area contributed by atoms with Crippen LogP contribution in [0.1, 0.15) is 11.4 Å². The van der Waals surface area contributed by atoms with Gasteiger partial charge in [0.2, 0.25) is 0 Å². The van der Waals surface area contributed by atoms with E-state index in [4.69, 9.17) is 11.6 Å². The summed E-state index contributed by atoms with van der Waals surface area (Å²) in [4.78, 5) is 8.32. The summed E-state index contributed by atoms with van der Waals surface area (Å²) in [5, 5.41) is 5.47. The van der Waals surface area contributed by atoms with Gasteiger partial charge in [-0.1, -0.05) is 17.7 Å². The van der Waals surface area contributed by atoms with Crippen LogP contribution >= 0.6 is 11.6 Å². The zero-order valence-corrected chi connectivity index (χ0v) is 13.0. The number of rotatable bonds is 5. The van der Waals surface area contributed by atoms with E-state index in [1.54, 1.807) is 19.1 Å². The van der Waals surface area contributed by atoms with E-state index in [0.29, 0.717) is 24.0 Å². The van der Waals surface area contributed by atoms with Gasteiger partial charge >= 0.3 is 6.18 Å². The number of benzene rings is 1. The molecule has 1 heterocycles. The molecule has 2 rings (SSSR count). The molecular formula is C15H14ClF3N4. The molecule has 23 heavy (non-hydrogen) atoms. The van der Waals surface area contributed by atoms with Crippen molar-refractivity contribution in [2.45, 2.75) is 13.1 Å². The zero-order chi connectivity index (χ0) is 17.0. The molecule has 0 fully saturated rings. The lowest BCUT2D eigenvalue weighted by Crippen LogP contribution is -2.07. The van der Waals surface area contributed by atoms with E-state index in [-0.39, 0.29) is 10.7 Å². The maximum atomic E-state index is 12.9. The van der Waals surface area contributed by atoms with Crippen LogP contribution in [0.25, 0.3) is 0 Å². The SMILES string of the molecule is C=CCNc1cc(Nc2ccc(Cl)c(C(F)(F)F)c2)nc(C)n1. The fourth-order valence-electron chi connectivity index (χ4n) is 1.87. The number of nitrogens with one attached hydrogen (secondary N) is 2. The molecule has 0 saturated carbocycles. The third kappa shape index (κ3) is 4.59. The fourth-order valence-corrected chi connectivity index (χ4v) is 2.09. The van der Waals surface area contributed by atoms with Crippen LogP contribution in [-0.4, -0.2) is 16.5 Å². The first kappa shape index (κ1) is 17.1. The Hall–Kier alpha value is -2.28. The van der Waals surface area contributed by atoms with Gasteiger partial charge in [-0.05, 0) is 25.1 Å². The molecule has 2 aromatic rings. The van der Waals surface area contributed by atoms with Gasteiger partial charge < -0.3 is 10.6 Å². The summed E-state index contributed by atoms with van der Waals surface area (Å²) in [6.45, 7) is 5.79. The quantitative estimate of drug-likeness (QED) is 0.766. The lowest BCUT2D eigenvalue weighted by Gasteiger charge is -2.13. The Morgan fingerprint density at radius 2 is 1.91 bits per heavy atom. The van der Waals surface area contributed by atoms with E-state index in [9.17, 15) is 13.2 Å². The number of aromatic nitrogens is 2. The Balaban J connectivity index is 2.28. The predicted octanol–water partition coefficient (Wildman–Crippen LogP) is 4.80. The summed E-state index contributed by atoms with van der Waals surface area (Å²) >= 11 is 5.60. The first-order valence-electron chi connectivity index (χ1n) is 6.64. The van der Waals surface area contributed by atoms with Crippen molar-refractivity contribution < 1.29 is 13.2 Å². The van der Waals surface area contributed by atoms with Gasteiger partial charge in [-0.25, -0.2) is 9.97 Å². The van der Waals surface area contributed by atoms with E-state index in [0.717, 1.165) is 6.07 Å². The Bertz CT molecular complexity index is 716. The number of halogens is 4. The minimum absolute atomic E-state index is 0.231. The summed E-state index contributed by atoms with van der Waals surface area (Å²) in [6.07, 6.45) is -2.85. The molecule has 122 valence electrons. The van der Waals surface area contributed by atoms with Gasteiger partial charge in [0, 0.05) is 18.3 Å². The molecule has 0 aliphatic carbocycles. The molecule has 2 N–H and O–H groups in total. The van der Waals surface area contributed by atoms with Crippen molar-refractivity contribution in [1.82, 2.24) is 9.97 Å². The zero-order valence-electron chi connectivity index (χ0n) is 12.2. The molecule has 0 aliphatic rings. The highest BCUT2D eigenvalue weighted by Crippen LogP contribution is 2.36. The van der Waals surface area contributed by atoms with Crippen molar-refractivity contribution in [3.63, 3.8) is 0 Å². The van der Waals surface area contributed by atoms with Crippen LogP contribution < -0.4 is 10.6 Å². The Labute approximate surface area is 136 Å². The summed E-state index contributed by atoms with van der Waals surface area (Å²) in [6, 6.07) is 5.18. The number of aryl methyl sites for hydroxylation is 1. The van der Waals surface area contributed by atoms with Crippen LogP contribution in [0.2, 0.25) is 5.02 Å². The summed E-state index contributed by atoms with van der Waals surface area (Å²) in [5.41, 5.74) is -0.672. The second-order valence-corrected chi connectivity index (χ2v) is 5.08. The highest BCUT2D eigenvalue weighted by Gasteiger charge is 2.33. The Morgan fingerprint density at radius 3 is 2.57 bits per heavy atom. The first-order valence-corrected chi connectivity index (χ1v) is 7.01. The summed E-state index contributed by atoms with van der Waals surface area (Å²) in [5.74, 6) is 1.40. The maximum Gasteiger partial charge on any atom is 0.417 e. The van der Waals surface area contributed by atoms with Crippen molar-refractivity contribution in [2.24, 2.45) is 0 Å². The molecule has 0 spiro atoms. The lowest BCUT2D eigenvalue weighted by atomic mass is 10.2. The molecular weight excluding hydrogens is 329 g/mol. The highest BCUT2D eigenvalue weighted by atomic mass is 35.5. The van der Waals surface area contributed by atoms with Crippen molar-refractivity contribution >= 4 is 28.9 Å². The molecule has 4 nitrogen and oxygen atoms in total. The van der Waals surface area contributed by atoms with Crippen LogP contribution in [-0.2, 0) is 6.18 Å². The average molecular weight is 343 g/mol. The van der Waals surface area contributed by atoms with E-state index < -0.39 is 11.7 Å². The number of alkyl halides is 3. The Kier molecular flexibility index (Phi) is 5.10. The van der Waals surface area contributed by atoms with Crippen LogP contribution in [0.4, 0.5) is 30.5 Å². The number of nitrogens with zero attached hydrogens (tertiary/aromatic N) is 2. The molecule has 0 aliphatic heterocycles. The van der Waals surface area contributed by atoms with E-state index >= 15 is 0 Å². The van der Waals surface area contributed by atoms with Crippen LogP contribution in [0.5, 0.6) is 0 Å². The van der Waals surface area contributed by atoms with E-state index in [1.807, 2.05) is 0 Å². The van der Waals surface area contributed by atoms with Gasteiger partial charge in [0.15, 0.2) is 0 Å². The van der Waals surface area contributed by atoms with Gasteiger partial charge in [-0.15, -0.1) is 6.58 Å².